The number of aliphatic carboxylic acids is 1. The molecule has 0 saturated carbocycles. The van der Waals surface area contributed by atoms with Crippen molar-refractivity contribution in [1.29, 1.82) is 0 Å². The highest BCUT2D eigenvalue weighted by Crippen LogP contribution is 2.29. The summed E-state index contributed by atoms with van der Waals surface area (Å²) < 4.78 is 0. The number of hydrogen-bond donors (Lipinski definition) is 3. The molecule has 8 heteroatoms. The fourth-order valence-corrected chi connectivity index (χ4v) is 4.32. The van der Waals surface area contributed by atoms with Gasteiger partial charge in [0.25, 0.3) is 5.91 Å². The minimum atomic E-state index is -1.15. The molecular weight excluding hydrogens is 428 g/mol. The number of aldehydes is 1. The molecule has 2 amide bonds. The van der Waals surface area contributed by atoms with Crippen LogP contribution in [0.2, 0.25) is 0 Å². The van der Waals surface area contributed by atoms with Crippen molar-refractivity contribution < 1.29 is 24.3 Å². The lowest BCUT2D eigenvalue weighted by molar-refractivity contribution is -0.138. The lowest BCUT2D eigenvalue weighted by Gasteiger charge is -2.18. The highest BCUT2D eigenvalue weighted by atomic mass is 32.1. The Morgan fingerprint density at radius 1 is 1.06 bits per heavy atom. The maximum Gasteiger partial charge on any atom is 0.305 e. The van der Waals surface area contributed by atoms with E-state index in [-0.39, 0.29) is 11.8 Å². The molecule has 7 nitrogen and oxygen atoms in total. The molecule has 0 aliphatic rings. The molecule has 2 unspecified atom stereocenters. The fourth-order valence-electron chi connectivity index (χ4n) is 3.31. The first-order valence-corrected chi connectivity index (χ1v) is 11.4. The Labute approximate surface area is 192 Å². The first kappa shape index (κ1) is 25.3. The van der Waals surface area contributed by atoms with Gasteiger partial charge in [-0.05, 0) is 69.0 Å². The number of thiophene rings is 1. The highest BCUT2D eigenvalue weighted by Gasteiger charge is 2.25. The van der Waals surface area contributed by atoms with Crippen molar-refractivity contribution in [3.8, 4) is 0 Å². The molecule has 0 fully saturated rings. The second kappa shape index (κ2) is 12.1. The number of aryl methyl sites for hydroxylation is 3. The van der Waals surface area contributed by atoms with Crippen LogP contribution in [-0.4, -0.2) is 41.8 Å². The summed E-state index contributed by atoms with van der Waals surface area (Å²) in [6.45, 7) is 6.40. The molecule has 32 heavy (non-hydrogen) atoms. The molecule has 3 N–H and O–H groups in total. The van der Waals surface area contributed by atoms with Gasteiger partial charge in [-0.1, -0.05) is 12.5 Å². The first-order valence-electron chi connectivity index (χ1n) is 10.6. The van der Waals surface area contributed by atoms with Crippen LogP contribution in [0.1, 0.15) is 62.8 Å². The van der Waals surface area contributed by atoms with Gasteiger partial charge in [-0.3, -0.25) is 14.4 Å². The Morgan fingerprint density at radius 2 is 1.81 bits per heavy atom. The minimum Gasteiger partial charge on any atom is -0.481 e. The second-order valence-electron chi connectivity index (χ2n) is 7.90. The second-order valence-corrected chi connectivity index (χ2v) is 9.22. The van der Waals surface area contributed by atoms with Crippen LogP contribution in [0.5, 0.6) is 0 Å². The van der Waals surface area contributed by atoms with Crippen LogP contribution in [-0.2, 0) is 14.4 Å². The molecule has 0 radical (unpaired) electrons. The molecule has 2 aromatic rings. The largest absolute Gasteiger partial charge is 0.481 e. The summed E-state index contributed by atoms with van der Waals surface area (Å²) in [4.78, 5) is 49.1. The van der Waals surface area contributed by atoms with Gasteiger partial charge in [-0.25, -0.2) is 0 Å². The predicted octanol–water partition coefficient (Wildman–Crippen LogP) is 3.52. The van der Waals surface area contributed by atoms with Crippen LogP contribution >= 0.6 is 11.3 Å². The molecule has 0 spiro atoms. The van der Waals surface area contributed by atoms with E-state index in [1.54, 1.807) is 6.07 Å². The summed E-state index contributed by atoms with van der Waals surface area (Å²) in [6.07, 6.45) is 1.91. The molecule has 1 aromatic carbocycles. The summed E-state index contributed by atoms with van der Waals surface area (Å²) in [6, 6.07) is 8.36. The van der Waals surface area contributed by atoms with E-state index in [4.69, 9.17) is 5.11 Å². The number of carboxylic acids is 1. The third kappa shape index (κ3) is 7.60. The van der Waals surface area contributed by atoms with Crippen molar-refractivity contribution in [2.45, 2.75) is 58.4 Å². The lowest BCUT2D eigenvalue weighted by atomic mass is 9.98. The van der Waals surface area contributed by atoms with Gasteiger partial charge in [0.15, 0.2) is 0 Å². The number of carbonyl (C=O) groups is 4. The van der Waals surface area contributed by atoms with Gasteiger partial charge in [-0.2, -0.15) is 0 Å². The summed E-state index contributed by atoms with van der Waals surface area (Å²) in [5, 5.41) is 14.4. The average Bonchev–Trinajstić information content (AvgIpc) is 3.17. The van der Waals surface area contributed by atoms with Gasteiger partial charge in [0.1, 0.15) is 6.29 Å². The van der Waals surface area contributed by atoms with Crippen LogP contribution in [0.4, 0.5) is 0 Å². The maximum absolute atomic E-state index is 12.8. The Kier molecular flexibility index (Phi) is 9.59. The number of carbonyl (C=O) groups excluding carboxylic acids is 3. The normalized spacial score (nSPS) is 12.6. The van der Waals surface area contributed by atoms with Gasteiger partial charge < -0.3 is 20.5 Å². The quantitative estimate of drug-likeness (QED) is 0.333. The summed E-state index contributed by atoms with van der Waals surface area (Å²) in [7, 11) is 0. The molecule has 2 atom stereocenters. The molecule has 172 valence electrons. The number of hydrogen-bond acceptors (Lipinski definition) is 5. The number of rotatable bonds is 12. The van der Waals surface area contributed by atoms with Crippen LogP contribution < -0.4 is 10.6 Å². The zero-order chi connectivity index (χ0) is 23.7. The Bertz CT molecular complexity index is 969. The number of benzene rings is 1. The van der Waals surface area contributed by atoms with E-state index < -0.39 is 24.3 Å². The van der Waals surface area contributed by atoms with Gasteiger partial charge in [-0.15, -0.1) is 11.3 Å². The zero-order valence-electron chi connectivity index (χ0n) is 18.6. The molecule has 0 saturated heterocycles. The van der Waals surface area contributed by atoms with Crippen molar-refractivity contribution >= 4 is 35.4 Å². The highest BCUT2D eigenvalue weighted by molar-refractivity contribution is 7.12. The molecule has 1 aromatic heterocycles. The average molecular weight is 459 g/mol. The fraction of sp³-hybridized carbons (Fsp3) is 0.417. The van der Waals surface area contributed by atoms with E-state index in [0.29, 0.717) is 37.7 Å². The zero-order valence-corrected chi connectivity index (χ0v) is 19.5. The van der Waals surface area contributed by atoms with Crippen LogP contribution in [0, 0.1) is 20.8 Å². The van der Waals surface area contributed by atoms with Crippen molar-refractivity contribution in [2.75, 3.05) is 6.54 Å². The summed E-state index contributed by atoms with van der Waals surface area (Å²) in [5.41, 5.74) is 2.82. The predicted molar refractivity (Wildman–Crippen MR) is 124 cm³/mol. The van der Waals surface area contributed by atoms with Crippen LogP contribution in [0.3, 0.4) is 0 Å². The van der Waals surface area contributed by atoms with Crippen LogP contribution in [0.15, 0.2) is 30.3 Å². The smallest absolute Gasteiger partial charge is 0.305 e. The number of carboxylic acid groups (broad SMARTS) is 1. The Morgan fingerprint density at radius 3 is 2.41 bits per heavy atom. The number of nitrogens with one attached hydrogen (secondary N) is 2. The number of unbranched alkanes of at least 4 members (excludes halogenated alkanes) is 1. The van der Waals surface area contributed by atoms with Crippen LogP contribution in [0.25, 0.3) is 0 Å². The van der Waals surface area contributed by atoms with E-state index in [2.05, 4.69) is 10.6 Å². The van der Waals surface area contributed by atoms with Gasteiger partial charge >= 0.3 is 5.97 Å². The van der Waals surface area contributed by atoms with E-state index in [0.717, 1.165) is 20.9 Å². The number of amides is 2. The summed E-state index contributed by atoms with van der Waals surface area (Å²) >= 11 is 1.51. The van der Waals surface area contributed by atoms with Gasteiger partial charge in [0, 0.05) is 21.9 Å². The molecule has 0 aliphatic carbocycles. The molecule has 2 rings (SSSR count). The third-order valence-electron chi connectivity index (χ3n) is 5.28. The molecule has 0 aliphatic heterocycles. The van der Waals surface area contributed by atoms with Crippen molar-refractivity contribution in [2.24, 2.45) is 0 Å². The van der Waals surface area contributed by atoms with E-state index in [9.17, 15) is 19.2 Å². The molecule has 0 bridgehead atoms. The maximum atomic E-state index is 12.8. The molecular formula is C24H30N2O5S. The van der Waals surface area contributed by atoms with Crippen molar-refractivity contribution in [3.63, 3.8) is 0 Å². The van der Waals surface area contributed by atoms with Gasteiger partial charge in [0.2, 0.25) is 5.91 Å². The monoisotopic (exact) mass is 458 g/mol. The molecule has 1 heterocycles. The third-order valence-corrected chi connectivity index (χ3v) is 6.40. The Balaban J connectivity index is 1.90. The topological polar surface area (TPSA) is 113 Å². The van der Waals surface area contributed by atoms with Gasteiger partial charge in [0.05, 0.1) is 18.4 Å². The first-order chi connectivity index (χ1) is 15.2. The minimum absolute atomic E-state index is 0.126. The van der Waals surface area contributed by atoms with Crippen molar-refractivity contribution in [1.82, 2.24) is 10.6 Å². The SMILES string of the molecule is Cc1ccc(C(CCCCNC(=O)c2ccc(C)c(C)c2)C(=O)NC(C=O)CC(=O)O)s1. The lowest BCUT2D eigenvalue weighted by Crippen LogP contribution is -2.40. The standard InChI is InChI=1S/C24H30N2O5S/c1-15-7-9-18(12-16(15)2)23(30)25-11-5-4-6-20(21-10-8-17(3)32-21)24(31)26-19(14-27)13-22(28)29/h7-10,12,14,19-20H,4-6,11,13H2,1-3H3,(H,25,30)(H,26,31)(H,28,29). The van der Waals surface area contributed by atoms with E-state index >= 15 is 0 Å². The Hall–Kier alpha value is -3.00. The summed E-state index contributed by atoms with van der Waals surface area (Å²) in [5.74, 6) is -2.10. The van der Waals surface area contributed by atoms with E-state index in [1.807, 2.05) is 45.0 Å². The van der Waals surface area contributed by atoms with E-state index in [1.165, 1.54) is 11.3 Å². The van der Waals surface area contributed by atoms with Crippen molar-refractivity contribution in [3.05, 3.63) is 56.8 Å².